The van der Waals surface area contributed by atoms with Crippen LogP contribution in [0.25, 0.3) is 0 Å². The van der Waals surface area contributed by atoms with Gasteiger partial charge in [0.2, 0.25) is 0 Å². The second-order valence-corrected chi connectivity index (χ2v) is 15.1. The lowest BCUT2D eigenvalue weighted by Crippen LogP contribution is -2.66. The van der Waals surface area contributed by atoms with E-state index in [0.29, 0.717) is 29.6 Å². The zero-order chi connectivity index (χ0) is 31.9. The molecule has 1 aromatic carbocycles. The molecule has 2 fully saturated rings. The molecule has 2 aliphatic heterocycles. The van der Waals surface area contributed by atoms with Gasteiger partial charge in [-0.1, -0.05) is 78.9 Å². The van der Waals surface area contributed by atoms with Crippen molar-refractivity contribution < 1.29 is 0 Å². The van der Waals surface area contributed by atoms with Crippen LogP contribution in [0.5, 0.6) is 0 Å². The Morgan fingerprint density at radius 1 is 0.830 bits per heavy atom. The fourth-order valence-corrected chi connectivity index (χ4v) is 9.83. The van der Waals surface area contributed by atoms with Gasteiger partial charge in [-0.25, -0.2) is 0 Å². The molecule has 0 aromatic heterocycles. The lowest BCUT2D eigenvalue weighted by molar-refractivity contribution is 0.0279. The van der Waals surface area contributed by atoms with Crippen LogP contribution in [0.1, 0.15) is 83.4 Å². The summed E-state index contributed by atoms with van der Waals surface area (Å²) >= 11 is 0. The van der Waals surface area contributed by atoms with Crippen LogP contribution in [-0.2, 0) is 0 Å². The van der Waals surface area contributed by atoms with Gasteiger partial charge in [0.05, 0.1) is 24.5 Å². The average Bonchev–Trinajstić information content (AvgIpc) is 3.11. The summed E-state index contributed by atoms with van der Waals surface area (Å²) in [5.41, 5.74) is 8.93. The minimum Gasteiger partial charge on any atom is -0.348 e. The molecule has 1 aromatic rings. The van der Waals surface area contributed by atoms with E-state index in [1.807, 2.05) is 0 Å². The van der Waals surface area contributed by atoms with E-state index in [1.54, 1.807) is 16.7 Å². The van der Waals surface area contributed by atoms with Crippen LogP contribution in [0.15, 0.2) is 118 Å². The third-order valence-electron chi connectivity index (χ3n) is 12.0. The van der Waals surface area contributed by atoms with Gasteiger partial charge >= 0.3 is 0 Å². The Hall–Kier alpha value is -3.25. The van der Waals surface area contributed by atoms with Gasteiger partial charge < -0.3 is 5.32 Å². The van der Waals surface area contributed by atoms with Crippen molar-refractivity contribution in [3.63, 3.8) is 0 Å². The van der Waals surface area contributed by atoms with Gasteiger partial charge in [0, 0.05) is 17.5 Å². The predicted molar refractivity (Wildman–Crippen MR) is 194 cm³/mol. The van der Waals surface area contributed by atoms with Crippen LogP contribution in [0.2, 0.25) is 0 Å². The molecule has 0 spiro atoms. The van der Waals surface area contributed by atoms with Crippen LogP contribution >= 0.6 is 0 Å². The summed E-state index contributed by atoms with van der Waals surface area (Å²) in [6, 6.07) is 11.3. The summed E-state index contributed by atoms with van der Waals surface area (Å²) in [5, 5.41) is 12.1. The molecule has 1 saturated heterocycles. The molecular formula is C42H53N5. The summed E-state index contributed by atoms with van der Waals surface area (Å²) in [7, 11) is 2.27. The van der Waals surface area contributed by atoms with E-state index in [-0.39, 0.29) is 24.5 Å². The Morgan fingerprint density at radius 2 is 1.68 bits per heavy atom. The molecule has 9 unspecified atom stereocenters. The van der Waals surface area contributed by atoms with E-state index < -0.39 is 0 Å². The van der Waals surface area contributed by atoms with Crippen molar-refractivity contribution in [1.82, 2.24) is 20.9 Å². The van der Waals surface area contributed by atoms with E-state index in [2.05, 4.69) is 127 Å². The number of amidine groups is 1. The molecule has 246 valence electrons. The minimum atomic E-state index is 0.151. The van der Waals surface area contributed by atoms with Gasteiger partial charge in [-0.15, -0.1) is 0 Å². The summed E-state index contributed by atoms with van der Waals surface area (Å²) in [6.45, 7) is 4.44. The maximum atomic E-state index is 5.26. The number of hydrogen-bond donors (Lipinski definition) is 3. The quantitative estimate of drug-likeness (QED) is 0.288. The van der Waals surface area contributed by atoms with Crippen molar-refractivity contribution in [2.24, 2.45) is 34.6 Å². The van der Waals surface area contributed by atoms with Crippen molar-refractivity contribution in [2.45, 2.75) is 96.2 Å². The summed E-state index contributed by atoms with van der Waals surface area (Å²) < 4.78 is 0. The molecule has 3 N–H and O–H groups in total. The third kappa shape index (κ3) is 6.11. The normalized spacial score (nSPS) is 37.2. The number of allylic oxidation sites excluding steroid dienone is 11. The number of likely N-dealkylation sites (N-methyl/N-ethyl adjacent to an activating group) is 1. The predicted octanol–water partition coefficient (Wildman–Crippen LogP) is 8.23. The fourth-order valence-electron chi connectivity index (χ4n) is 9.83. The second kappa shape index (κ2) is 13.3. The first-order chi connectivity index (χ1) is 23.0. The zero-order valence-electron chi connectivity index (χ0n) is 28.5. The molecule has 2 heterocycles. The van der Waals surface area contributed by atoms with Crippen molar-refractivity contribution in [3.05, 3.63) is 119 Å². The highest BCUT2D eigenvalue weighted by atomic mass is 15.4. The van der Waals surface area contributed by atoms with E-state index >= 15 is 0 Å². The van der Waals surface area contributed by atoms with Crippen LogP contribution in [0.4, 0.5) is 0 Å². The molecule has 47 heavy (non-hydrogen) atoms. The molecule has 5 nitrogen and oxygen atoms in total. The molecule has 8 rings (SSSR count). The van der Waals surface area contributed by atoms with E-state index in [4.69, 9.17) is 4.99 Å². The highest BCUT2D eigenvalue weighted by Gasteiger charge is 2.45. The molecular weight excluding hydrogens is 574 g/mol. The van der Waals surface area contributed by atoms with Crippen LogP contribution in [0.3, 0.4) is 0 Å². The Labute approximate surface area is 282 Å². The molecule has 0 amide bonds. The number of fused-ring (bicyclic) bond motifs is 2. The highest BCUT2D eigenvalue weighted by Crippen LogP contribution is 2.51. The van der Waals surface area contributed by atoms with Gasteiger partial charge in [-0.2, -0.15) is 0 Å². The monoisotopic (exact) mass is 627 g/mol. The number of nitrogens with one attached hydrogen (secondary N) is 3. The lowest BCUT2D eigenvalue weighted by atomic mass is 9.62. The number of benzene rings is 1. The summed E-state index contributed by atoms with van der Waals surface area (Å²) in [6.07, 6.45) is 33.1. The number of nitrogens with zero attached hydrogens (tertiary/aromatic N) is 2. The van der Waals surface area contributed by atoms with Crippen molar-refractivity contribution >= 4 is 5.84 Å². The Bertz CT molecular complexity index is 1590. The lowest BCUT2D eigenvalue weighted by Gasteiger charge is -2.51. The maximum Gasteiger partial charge on any atom is 0.105 e. The van der Waals surface area contributed by atoms with Crippen molar-refractivity contribution in [3.8, 4) is 0 Å². The van der Waals surface area contributed by atoms with Gasteiger partial charge in [0.25, 0.3) is 0 Å². The first kappa shape index (κ1) is 31.0. The molecule has 0 bridgehead atoms. The number of rotatable bonds is 5. The van der Waals surface area contributed by atoms with E-state index in [0.717, 1.165) is 32.1 Å². The van der Waals surface area contributed by atoms with E-state index in [1.165, 1.54) is 48.4 Å². The first-order valence-electron chi connectivity index (χ1n) is 18.5. The minimum absolute atomic E-state index is 0.151. The van der Waals surface area contributed by atoms with Crippen molar-refractivity contribution in [2.75, 3.05) is 7.05 Å². The van der Waals surface area contributed by atoms with Crippen LogP contribution < -0.4 is 16.0 Å². The van der Waals surface area contributed by atoms with Crippen molar-refractivity contribution in [1.29, 1.82) is 0 Å². The van der Waals surface area contributed by atoms with Crippen LogP contribution in [-0.4, -0.2) is 36.2 Å². The third-order valence-corrected chi connectivity index (χ3v) is 12.0. The highest BCUT2D eigenvalue weighted by molar-refractivity contribution is 5.88. The van der Waals surface area contributed by atoms with Gasteiger partial charge in [-0.05, 0) is 130 Å². The molecule has 5 aliphatic carbocycles. The largest absolute Gasteiger partial charge is 0.348 e. The van der Waals surface area contributed by atoms with Gasteiger partial charge in [0.15, 0.2) is 0 Å². The van der Waals surface area contributed by atoms with Gasteiger partial charge in [-0.3, -0.25) is 20.5 Å². The molecule has 0 radical (unpaired) electrons. The SMILES string of the molecule is CC1=CC(C)N=C(C2CCC(C3NC(C4=CCCC=C4)N(C)C(c4ccccc4)N3)CC2C2=CC3C=CCCC3C3=C2CCC=C3)N1. The first-order valence-corrected chi connectivity index (χ1v) is 18.5. The zero-order valence-corrected chi connectivity index (χ0v) is 28.5. The number of hydrogen-bond acceptors (Lipinski definition) is 5. The standard InChI is InChI=1S/C42H53N5/c1-27-24-28(2)44-40(43-27)36-23-22-32(26-38(36)37-25-31-18-10-11-19-33(31)34-20-12-13-21-35(34)37)39-45-41(29-14-6-4-7-15-29)47(3)42(46-39)30-16-8-5-9-17-30/h4,6-8,10,12,14-18,20,24-25,27,31-33,36,38-39,41-42,45-46H,5,9,11,13,19,21-23,26H2,1-3H3,(H,43,44). The molecule has 5 heteroatoms. The van der Waals surface area contributed by atoms with Crippen LogP contribution in [0, 0.1) is 29.6 Å². The average molecular weight is 628 g/mol. The fraction of sp³-hybridized carbons (Fsp3) is 0.500. The van der Waals surface area contributed by atoms with E-state index in [9.17, 15) is 0 Å². The Kier molecular flexibility index (Phi) is 8.81. The Morgan fingerprint density at radius 3 is 2.51 bits per heavy atom. The number of aliphatic imine (C=N–C) groups is 1. The maximum absolute atomic E-state index is 5.26. The molecule has 7 aliphatic rings. The Balaban J connectivity index is 1.16. The van der Waals surface area contributed by atoms with Gasteiger partial charge in [0.1, 0.15) is 5.84 Å². The summed E-state index contributed by atoms with van der Waals surface area (Å²) in [5.74, 6) is 3.73. The second-order valence-electron chi connectivity index (χ2n) is 15.1. The molecule has 9 atom stereocenters. The molecule has 1 saturated carbocycles. The summed E-state index contributed by atoms with van der Waals surface area (Å²) in [4.78, 5) is 7.76. The smallest absolute Gasteiger partial charge is 0.105 e. The topological polar surface area (TPSA) is 51.7 Å².